The second kappa shape index (κ2) is 11.6. The van der Waals surface area contributed by atoms with Crippen molar-refractivity contribution < 1.29 is 0 Å². The molecule has 1 heterocycles. The van der Waals surface area contributed by atoms with Crippen LogP contribution in [0.1, 0.15) is 82.2 Å². The van der Waals surface area contributed by atoms with E-state index in [0.717, 1.165) is 19.4 Å². The maximum atomic E-state index is 4.04. The number of rotatable bonds is 10. The fourth-order valence-corrected chi connectivity index (χ4v) is 7.09. The Balaban J connectivity index is 1.35. The standard InChI is InChI=1S/C36H46N2/c1-6-27(20-25(4)26(5)37-24-28-14-10-9-11-15-28)21-29-18-19-32-31(22-29)35-33(36(32,7-2)8-3)23-30-16-12-13-17-34(30)38-35/h9-20,22-23,25-26,33-35,37-38H,6-8,21,24H2,1-5H3. The van der Waals surface area contributed by atoms with Crippen LogP contribution in [0, 0.1) is 11.8 Å². The van der Waals surface area contributed by atoms with E-state index in [-0.39, 0.29) is 5.41 Å². The van der Waals surface area contributed by atoms with E-state index < -0.39 is 0 Å². The van der Waals surface area contributed by atoms with Gasteiger partial charge in [-0.05, 0) is 66.4 Å². The smallest absolute Gasteiger partial charge is 0.0511 e. The third-order valence-corrected chi connectivity index (χ3v) is 9.68. The summed E-state index contributed by atoms with van der Waals surface area (Å²) in [5.74, 6) is 0.998. The molecule has 38 heavy (non-hydrogen) atoms. The average Bonchev–Trinajstić information content (AvgIpc) is 3.23. The third kappa shape index (κ3) is 5.14. The Kier molecular flexibility index (Phi) is 8.21. The predicted octanol–water partition coefficient (Wildman–Crippen LogP) is 8.13. The molecule has 2 aromatic rings. The first-order valence-corrected chi connectivity index (χ1v) is 14.9. The Hall–Kier alpha value is -2.68. The molecule has 5 unspecified atom stereocenters. The van der Waals surface area contributed by atoms with E-state index in [4.69, 9.17) is 0 Å². The van der Waals surface area contributed by atoms with Crippen LogP contribution in [0.25, 0.3) is 0 Å². The molecule has 2 nitrogen and oxygen atoms in total. The Labute approximate surface area is 231 Å². The first-order valence-electron chi connectivity index (χ1n) is 14.9. The Bertz CT molecular complexity index is 1230. The lowest BCUT2D eigenvalue weighted by molar-refractivity contribution is 0.254. The van der Waals surface area contributed by atoms with Crippen LogP contribution in [0.15, 0.2) is 96.1 Å². The summed E-state index contributed by atoms with van der Waals surface area (Å²) in [6, 6.07) is 19.3. The summed E-state index contributed by atoms with van der Waals surface area (Å²) in [6.45, 7) is 12.7. The molecule has 0 aromatic heterocycles. The minimum Gasteiger partial charge on any atom is -0.310 e. The summed E-state index contributed by atoms with van der Waals surface area (Å²) >= 11 is 0. The molecular formula is C36H46N2. The molecule has 0 fully saturated rings. The Morgan fingerprint density at radius 2 is 1.79 bits per heavy atom. The van der Waals surface area contributed by atoms with Gasteiger partial charge in [-0.3, -0.25) is 5.32 Å². The largest absolute Gasteiger partial charge is 0.310 e. The van der Waals surface area contributed by atoms with Crippen molar-refractivity contribution in [2.45, 2.75) is 90.4 Å². The van der Waals surface area contributed by atoms with Crippen molar-refractivity contribution >= 4 is 0 Å². The summed E-state index contributed by atoms with van der Waals surface area (Å²) in [6.07, 6.45) is 18.6. The van der Waals surface area contributed by atoms with Gasteiger partial charge in [-0.2, -0.15) is 0 Å². The number of nitrogens with one attached hydrogen (secondary N) is 2. The fraction of sp³-hybridized carbons (Fsp3) is 0.444. The molecule has 0 saturated heterocycles. The molecule has 0 bridgehead atoms. The molecule has 2 aliphatic carbocycles. The maximum Gasteiger partial charge on any atom is 0.0511 e. The Morgan fingerprint density at radius 1 is 1.00 bits per heavy atom. The molecule has 3 aliphatic rings. The minimum absolute atomic E-state index is 0.219. The van der Waals surface area contributed by atoms with Crippen LogP contribution in [0.5, 0.6) is 0 Å². The van der Waals surface area contributed by atoms with Gasteiger partial charge >= 0.3 is 0 Å². The highest BCUT2D eigenvalue weighted by Crippen LogP contribution is 2.56. The van der Waals surface area contributed by atoms with Gasteiger partial charge in [0.05, 0.1) is 6.04 Å². The second-order valence-corrected chi connectivity index (χ2v) is 11.7. The van der Waals surface area contributed by atoms with Gasteiger partial charge < -0.3 is 5.32 Å². The van der Waals surface area contributed by atoms with Crippen LogP contribution in [-0.4, -0.2) is 12.1 Å². The van der Waals surface area contributed by atoms with E-state index >= 15 is 0 Å². The number of benzene rings is 2. The summed E-state index contributed by atoms with van der Waals surface area (Å²) in [5, 5.41) is 7.77. The molecule has 0 amide bonds. The van der Waals surface area contributed by atoms with Gasteiger partial charge in [0.2, 0.25) is 0 Å². The molecule has 2 aromatic carbocycles. The van der Waals surface area contributed by atoms with E-state index in [2.05, 4.69) is 130 Å². The van der Waals surface area contributed by atoms with Crippen LogP contribution >= 0.6 is 0 Å². The number of allylic oxidation sites excluding steroid dienone is 3. The highest BCUT2D eigenvalue weighted by Gasteiger charge is 2.51. The van der Waals surface area contributed by atoms with Gasteiger partial charge in [-0.15, -0.1) is 0 Å². The zero-order valence-corrected chi connectivity index (χ0v) is 24.0. The maximum absolute atomic E-state index is 4.04. The van der Waals surface area contributed by atoms with Crippen molar-refractivity contribution in [2.75, 3.05) is 0 Å². The minimum atomic E-state index is 0.219. The molecule has 0 spiro atoms. The predicted molar refractivity (Wildman–Crippen MR) is 162 cm³/mol. The van der Waals surface area contributed by atoms with Crippen LogP contribution in [0.4, 0.5) is 0 Å². The summed E-state index contributed by atoms with van der Waals surface area (Å²) in [7, 11) is 0. The second-order valence-electron chi connectivity index (χ2n) is 11.7. The van der Waals surface area contributed by atoms with Crippen molar-refractivity contribution in [1.29, 1.82) is 0 Å². The molecule has 0 saturated carbocycles. The van der Waals surface area contributed by atoms with E-state index in [9.17, 15) is 0 Å². The van der Waals surface area contributed by atoms with Crippen LogP contribution in [0.2, 0.25) is 0 Å². The molecule has 2 N–H and O–H groups in total. The monoisotopic (exact) mass is 506 g/mol. The molecule has 5 atom stereocenters. The zero-order chi connectivity index (χ0) is 26.7. The van der Waals surface area contributed by atoms with Gasteiger partial charge in [0.1, 0.15) is 0 Å². The highest BCUT2D eigenvalue weighted by atomic mass is 15.0. The van der Waals surface area contributed by atoms with Crippen molar-refractivity contribution in [1.82, 2.24) is 10.6 Å². The Morgan fingerprint density at radius 3 is 2.53 bits per heavy atom. The third-order valence-electron chi connectivity index (χ3n) is 9.68. The highest BCUT2D eigenvalue weighted by molar-refractivity contribution is 5.52. The topological polar surface area (TPSA) is 24.1 Å². The SMILES string of the molecule is CCC(=CC(C)C(C)NCc1ccccc1)Cc1ccc2c(c1)C1NC3C=CC=CC3=CC1C2(CC)CC. The van der Waals surface area contributed by atoms with Crippen molar-refractivity contribution in [3.8, 4) is 0 Å². The quantitative estimate of drug-likeness (QED) is 0.318. The van der Waals surface area contributed by atoms with Crippen molar-refractivity contribution in [2.24, 2.45) is 11.8 Å². The molecular weight excluding hydrogens is 460 g/mol. The summed E-state index contributed by atoms with van der Waals surface area (Å²) in [4.78, 5) is 0. The summed E-state index contributed by atoms with van der Waals surface area (Å²) < 4.78 is 0. The van der Waals surface area contributed by atoms with Crippen LogP contribution in [0.3, 0.4) is 0 Å². The lowest BCUT2D eigenvalue weighted by atomic mass is 9.68. The van der Waals surface area contributed by atoms with Crippen molar-refractivity contribution in [3.63, 3.8) is 0 Å². The summed E-state index contributed by atoms with van der Waals surface area (Å²) in [5.41, 5.74) is 9.10. The van der Waals surface area contributed by atoms with E-state index in [1.54, 1.807) is 5.56 Å². The molecule has 2 heteroatoms. The van der Waals surface area contributed by atoms with E-state index in [1.165, 1.54) is 40.7 Å². The molecule has 0 radical (unpaired) electrons. The fourth-order valence-electron chi connectivity index (χ4n) is 7.09. The first kappa shape index (κ1) is 26.9. The first-order chi connectivity index (χ1) is 18.5. The van der Waals surface area contributed by atoms with Crippen LogP contribution < -0.4 is 10.6 Å². The van der Waals surface area contributed by atoms with Crippen LogP contribution in [-0.2, 0) is 18.4 Å². The van der Waals surface area contributed by atoms with Gasteiger partial charge in [-0.1, -0.05) is 118 Å². The zero-order valence-electron chi connectivity index (χ0n) is 24.0. The average molecular weight is 507 g/mol. The van der Waals surface area contributed by atoms with Crippen molar-refractivity contribution in [3.05, 3.63) is 118 Å². The van der Waals surface area contributed by atoms with E-state index in [0.29, 0.717) is 30.0 Å². The van der Waals surface area contributed by atoms with Gasteiger partial charge in [0.15, 0.2) is 0 Å². The molecule has 5 rings (SSSR count). The van der Waals surface area contributed by atoms with Gasteiger partial charge in [0.25, 0.3) is 0 Å². The molecule has 1 aliphatic heterocycles. The van der Waals surface area contributed by atoms with Gasteiger partial charge in [-0.25, -0.2) is 0 Å². The lowest BCUT2D eigenvalue weighted by Crippen LogP contribution is -2.43. The molecule has 200 valence electrons. The number of hydrogen-bond donors (Lipinski definition) is 2. The lowest BCUT2D eigenvalue weighted by Gasteiger charge is -2.40. The normalized spacial score (nSPS) is 24.8. The number of hydrogen-bond acceptors (Lipinski definition) is 2. The van der Waals surface area contributed by atoms with Gasteiger partial charge in [0, 0.05) is 30.0 Å². The van der Waals surface area contributed by atoms with E-state index in [1.807, 2.05) is 0 Å². The number of fused-ring (bicyclic) bond motifs is 4.